The van der Waals surface area contributed by atoms with Crippen LogP contribution in [0, 0.1) is 5.92 Å². The topological polar surface area (TPSA) is 86.7 Å². The summed E-state index contributed by atoms with van der Waals surface area (Å²) >= 11 is 0. The molecule has 1 atom stereocenters. The van der Waals surface area contributed by atoms with Crippen LogP contribution in [0.25, 0.3) is 0 Å². The van der Waals surface area contributed by atoms with Crippen LogP contribution in [0.1, 0.15) is 49.4 Å². The standard InChI is InChI=1S/C18H24N2O4/c1-2-16(21)19-15-7-3-6-14(11-15)18(24)20-10-4-5-13(12-20)8-9-17(22)23/h3,6-7,11,13H,2,4-5,8-10,12H2,1H3,(H,19,21)(H,22,23). The molecule has 1 aromatic rings. The normalized spacial score (nSPS) is 17.4. The fraction of sp³-hybridized carbons (Fsp3) is 0.500. The highest BCUT2D eigenvalue weighted by Crippen LogP contribution is 2.23. The van der Waals surface area contributed by atoms with E-state index < -0.39 is 5.97 Å². The van der Waals surface area contributed by atoms with Gasteiger partial charge in [-0.25, -0.2) is 0 Å². The van der Waals surface area contributed by atoms with Gasteiger partial charge >= 0.3 is 5.97 Å². The molecule has 0 saturated carbocycles. The second-order valence-corrected chi connectivity index (χ2v) is 6.17. The smallest absolute Gasteiger partial charge is 0.303 e. The van der Waals surface area contributed by atoms with Crippen LogP contribution in [-0.2, 0) is 9.59 Å². The number of hydrogen-bond acceptors (Lipinski definition) is 3. The van der Waals surface area contributed by atoms with Crippen LogP contribution >= 0.6 is 0 Å². The van der Waals surface area contributed by atoms with Gasteiger partial charge in [0.2, 0.25) is 5.91 Å². The Morgan fingerprint density at radius 1 is 1.33 bits per heavy atom. The molecule has 1 fully saturated rings. The van der Waals surface area contributed by atoms with Gasteiger partial charge in [0.1, 0.15) is 0 Å². The molecule has 0 aliphatic carbocycles. The number of nitrogens with one attached hydrogen (secondary N) is 1. The summed E-state index contributed by atoms with van der Waals surface area (Å²) in [6.45, 7) is 3.06. The second-order valence-electron chi connectivity index (χ2n) is 6.17. The van der Waals surface area contributed by atoms with Crippen LogP contribution in [-0.4, -0.2) is 40.9 Å². The number of nitrogens with zero attached hydrogens (tertiary/aromatic N) is 1. The summed E-state index contributed by atoms with van der Waals surface area (Å²) in [5.74, 6) is -0.714. The molecule has 130 valence electrons. The Morgan fingerprint density at radius 3 is 2.83 bits per heavy atom. The molecule has 1 heterocycles. The highest BCUT2D eigenvalue weighted by Gasteiger charge is 2.25. The van der Waals surface area contributed by atoms with Crippen molar-refractivity contribution in [2.45, 2.75) is 39.0 Å². The maximum atomic E-state index is 12.7. The summed E-state index contributed by atoms with van der Waals surface area (Å²) < 4.78 is 0. The summed E-state index contributed by atoms with van der Waals surface area (Å²) in [6, 6.07) is 6.95. The van der Waals surface area contributed by atoms with E-state index in [9.17, 15) is 14.4 Å². The number of carbonyl (C=O) groups is 3. The van der Waals surface area contributed by atoms with Crippen molar-refractivity contribution in [2.75, 3.05) is 18.4 Å². The maximum absolute atomic E-state index is 12.7. The predicted molar refractivity (Wildman–Crippen MR) is 90.9 cm³/mol. The molecular formula is C18H24N2O4. The van der Waals surface area contributed by atoms with Crippen molar-refractivity contribution in [3.8, 4) is 0 Å². The maximum Gasteiger partial charge on any atom is 0.303 e. The highest BCUT2D eigenvalue weighted by atomic mass is 16.4. The van der Waals surface area contributed by atoms with Crippen molar-refractivity contribution in [3.05, 3.63) is 29.8 Å². The Balaban J connectivity index is 2.01. The number of hydrogen-bond donors (Lipinski definition) is 2. The lowest BCUT2D eigenvalue weighted by molar-refractivity contribution is -0.137. The van der Waals surface area contributed by atoms with Crippen LogP contribution in [0.15, 0.2) is 24.3 Å². The van der Waals surface area contributed by atoms with E-state index in [-0.39, 0.29) is 24.2 Å². The summed E-state index contributed by atoms with van der Waals surface area (Å²) in [5, 5.41) is 11.6. The number of amides is 2. The lowest BCUT2D eigenvalue weighted by Gasteiger charge is -2.32. The van der Waals surface area contributed by atoms with Crippen molar-refractivity contribution < 1.29 is 19.5 Å². The monoisotopic (exact) mass is 332 g/mol. The first kappa shape index (κ1) is 18.0. The van der Waals surface area contributed by atoms with Crippen molar-refractivity contribution in [1.29, 1.82) is 0 Å². The molecular weight excluding hydrogens is 308 g/mol. The van der Waals surface area contributed by atoms with Gasteiger partial charge in [-0.3, -0.25) is 14.4 Å². The van der Waals surface area contributed by atoms with Gasteiger partial charge in [0.05, 0.1) is 0 Å². The van der Waals surface area contributed by atoms with Gasteiger partial charge in [-0.05, 0) is 43.4 Å². The number of anilines is 1. The van der Waals surface area contributed by atoms with Gasteiger partial charge in [0, 0.05) is 37.2 Å². The molecule has 2 rings (SSSR count). The lowest BCUT2D eigenvalue weighted by Crippen LogP contribution is -2.40. The molecule has 1 aliphatic heterocycles. The third-order valence-electron chi connectivity index (χ3n) is 4.29. The van der Waals surface area contributed by atoms with E-state index in [2.05, 4.69) is 5.32 Å². The number of likely N-dealkylation sites (tertiary alicyclic amines) is 1. The lowest BCUT2D eigenvalue weighted by atomic mass is 9.93. The average molecular weight is 332 g/mol. The van der Waals surface area contributed by atoms with Crippen LogP contribution < -0.4 is 5.32 Å². The molecule has 0 radical (unpaired) electrons. The Labute approximate surface area is 141 Å². The summed E-state index contributed by atoms with van der Waals surface area (Å²) in [6.07, 6.45) is 2.98. The SMILES string of the molecule is CCC(=O)Nc1cccc(C(=O)N2CCCC(CCC(=O)O)C2)c1. The summed E-state index contributed by atoms with van der Waals surface area (Å²) in [4.78, 5) is 36.7. The third-order valence-corrected chi connectivity index (χ3v) is 4.29. The molecule has 6 nitrogen and oxygen atoms in total. The first-order valence-corrected chi connectivity index (χ1v) is 8.40. The Morgan fingerprint density at radius 2 is 2.12 bits per heavy atom. The summed E-state index contributed by atoms with van der Waals surface area (Å²) in [5.41, 5.74) is 1.16. The van der Waals surface area contributed by atoms with Gasteiger partial charge in [-0.1, -0.05) is 13.0 Å². The molecule has 1 unspecified atom stereocenters. The van der Waals surface area contributed by atoms with Crippen LogP contribution in [0.4, 0.5) is 5.69 Å². The van der Waals surface area contributed by atoms with Crippen LogP contribution in [0.3, 0.4) is 0 Å². The number of piperidine rings is 1. The molecule has 1 aromatic carbocycles. The number of aliphatic carboxylic acids is 1. The minimum atomic E-state index is -0.794. The van der Waals surface area contributed by atoms with E-state index in [1.165, 1.54) is 0 Å². The predicted octanol–water partition coefficient (Wildman–Crippen LogP) is 2.75. The van der Waals surface area contributed by atoms with Gasteiger partial charge < -0.3 is 15.3 Å². The summed E-state index contributed by atoms with van der Waals surface area (Å²) in [7, 11) is 0. The van der Waals surface area contributed by atoms with Crippen molar-refractivity contribution in [2.24, 2.45) is 5.92 Å². The Bertz CT molecular complexity index is 615. The van der Waals surface area contributed by atoms with Gasteiger partial charge in [0.15, 0.2) is 0 Å². The second kappa shape index (κ2) is 8.47. The van der Waals surface area contributed by atoms with Crippen LogP contribution in [0.5, 0.6) is 0 Å². The van der Waals surface area contributed by atoms with E-state index >= 15 is 0 Å². The van der Waals surface area contributed by atoms with E-state index in [0.29, 0.717) is 37.2 Å². The van der Waals surface area contributed by atoms with Gasteiger partial charge in [-0.2, -0.15) is 0 Å². The zero-order valence-electron chi connectivity index (χ0n) is 14.0. The first-order chi connectivity index (χ1) is 11.5. The zero-order chi connectivity index (χ0) is 17.5. The number of carboxylic acids is 1. The van der Waals surface area contributed by atoms with E-state index in [1.54, 1.807) is 36.1 Å². The minimum Gasteiger partial charge on any atom is -0.481 e. The molecule has 0 aromatic heterocycles. The molecule has 2 amide bonds. The van der Waals surface area contributed by atoms with Gasteiger partial charge in [-0.15, -0.1) is 0 Å². The first-order valence-electron chi connectivity index (χ1n) is 8.40. The van der Waals surface area contributed by atoms with Crippen molar-refractivity contribution in [3.63, 3.8) is 0 Å². The molecule has 24 heavy (non-hydrogen) atoms. The number of carboxylic acid groups (broad SMARTS) is 1. The molecule has 0 bridgehead atoms. The quantitative estimate of drug-likeness (QED) is 0.838. The molecule has 6 heteroatoms. The largest absolute Gasteiger partial charge is 0.481 e. The average Bonchev–Trinajstić information content (AvgIpc) is 2.59. The molecule has 2 N–H and O–H groups in total. The zero-order valence-corrected chi connectivity index (χ0v) is 14.0. The molecule has 1 saturated heterocycles. The number of carbonyl (C=O) groups excluding carboxylic acids is 2. The van der Waals surface area contributed by atoms with Crippen LogP contribution in [0.2, 0.25) is 0 Å². The van der Waals surface area contributed by atoms with Crippen molar-refractivity contribution >= 4 is 23.5 Å². The van der Waals surface area contributed by atoms with E-state index in [0.717, 1.165) is 12.8 Å². The van der Waals surface area contributed by atoms with E-state index in [1.807, 2.05) is 0 Å². The number of benzene rings is 1. The fourth-order valence-electron chi connectivity index (χ4n) is 2.97. The fourth-order valence-corrected chi connectivity index (χ4v) is 2.97. The van der Waals surface area contributed by atoms with Gasteiger partial charge in [0.25, 0.3) is 5.91 Å². The van der Waals surface area contributed by atoms with E-state index in [4.69, 9.17) is 5.11 Å². The minimum absolute atomic E-state index is 0.0670. The molecule has 1 aliphatic rings. The van der Waals surface area contributed by atoms with Crippen molar-refractivity contribution in [1.82, 2.24) is 4.90 Å². The highest BCUT2D eigenvalue weighted by molar-refractivity contribution is 5.97. The Hall–Kier alpha value is -2.37. The Kier molecular flexibility index (Phi) is 6.35. The number of rotatable bonds is 6. The third kappa shape index (κ3) is 5.08. The molecule has 0 spiro atoms.